The van der Waals surface area contributed by atoms with Crippen molar-refractivity contribution >= 4 is 16.1 Å². The summed E-state index contributed by atoms with van der Waals surface area (Å²) in [6.45, 7) is 29.3. The molecule has 1 atom stereocenters. The van der Waals surface area contributed by atoms with Crippen LogP contribution in [0.3, 0.4) is 0 Å². The number of aliphatic hydroxyl groups is 1. The van der Waals surface area contributed by atoms with E-state index in [9.17, 15) is 28.0 Å². The third-order valence-electron chi connectivity index (χ3n) is 8.68. The lowest BCUT2D eigenvalue weighted by atomic mass is 9.62. The summed E-state index contributed by atoms with van der Waals surface area (Å²) in [5.41, 5.74) is -0.164. The second-order valence-corrected chi connectivity index (χ2v) is 18.9. The number of carboxylic acid groups (broad SMARTS) is 1. The van der Waals surface area contributed by atoms with E-state index in [0.29, 0.717) is 18.8 Å². The molecular formula is C34H60O6S. The molecule has 3 N–H and O–H groups in total. The Bertz CT molecular complexity index is 1200. The highest BCUT2D eigenvalue weighted by molar-refractivity contribution is 7.87. The SMILES string of the molecule is CC(C)CC(C)(C)c1cc(C(C)(C)CC(C)(C)S(=O)(=O)O)c(C(C)(C)CC(C)(C)C(=O)O)cc1C(C)(O)CC(C)C. The molecule has 7 heteroatoms. The molecule has 0 aromatic heterocycles. The number of hydrogen-bond donors (Lipinski definition) is 3. The zero-order chi connectivity index (χ0) is 32.8. The first-order valence-electron chi connectivity index (χ1n) is 15.0. The summed E-state index contributed by atoms with van der Waals surface area (Å²) >= 11 is 0. The summed E-state index contributed by atoms with van der Waals surface area (Å²) in [6.07, 6.45) is 1.91. The van der Waals surface area contributed by atoms with Crippen molar-refractivity contribution < 1.29 is 28.0 Å². The first-order valence-corrected chi connectivity index (χ1v) is 16.5. The molecule has 0 saturated heterocycles. The molecule has 1 aromatic rings. The quantitative estimate of drug-likeness (QED) is 0.186. The van der Waals surface area contributed by atoms with Crippen molar-refractivity contribution in [3.8, 4) is 0 Å². The van der Waals surface area contributed by atoms with E-state index < -0.39 is 42.7 Å². The molecule has 41 heavy (non-hydrogen) atoms. The molecule has 0 saturated carbocycles. The summed E-state index contributed by atoms with van der Waals surface area (Å²) in [4.78, 5) is 12.2. The molecule has 0 aliphatic carbocycles. The molecule has 0 amide bonds. The van der Waals surface area contributed by atoms with Crippen LogP contribution in [0.5, 0.6) is 0 Å². The van der Waals surface area contributed by atoms with Gasteiger partial charge in [0, 0.05) is 0 Å². The number of carbonyl (C=O) groups is 1. The molecule has 0 radical (unpaired) electrons. The van der Waals surface area contributed by atoms with Gasteiger partial charge in [0.05, 0.1) is 15.8 Å². The second kappa shape index (κ2) is 11.9. The zero-order valence-electron chi connectivity index (χ0n) is 28.6. The van der Waals surface area contributed by atoms with E-state index in [1.165, 1.54) is 13.8 Å². The molecule has 238 valence electrons. The highest BCUT2D eigenvalue weighted by Crippen LogP contribution is 2.49. The fourth-order valence-electron chi connectivity index (χ4n) is 7.29. The third-order valence-corrected chi connectivity index (χ3v) is 10.2. The molecule has 0 heterocycles. The Balaban J connectivity index is 4.34. The highest BCUT2D eigenvalue weighted by Gasteiger charge is 2.45. The van der Waals surface area contributed by atoms with Crippen molar-refractivity contribution in [3.05, 3.63) is 34.4 Å². The molecule has 0 bridgehead atoms. The van der Waals surface area contributed by atoms with Gasteiger partial charge in [0.25, 0.3) is 10.1 Å². The van der Waals surface area contributed by atoms with Crippen molar-refractivity contribution in [3.63, 3.8) is 0 Å². The van der Waals surface area contributed by atoms with Gasteiger partial charge in [-0.1, -0.05) is 81.4 Å². The Kier molecular flexibility index (Phi) is 10.9. The monoisotopic (exact) mass is 596 g/mol. The number of rotatable bonds is 14. The second-order valence-electron chi connectivity index (χ2n) is 16.8. The van der Waals surface area contributed by atoms with E-state index in [0.717, 1.165) is 28.7 Å². The fraction of sp³-hybridized carbons (Fsp3) is 0.794. The van der Waals surface area contributed by atoms with Gasteiger partial charge in [-0.25, -0.2) is 0 Å². The first-order chi connectivity index (χ1) is 17.9. The molecule has 1 rings (SSSR count). The van der Waals surface area contributed by atoms with Crippen LogP contribution in [-0.4, -0.2) is 33.9 Å². The number of hydrogen-bond acceptors (Lipinski definition) is 4. The van der Waals surface area contributed by atoms with Gasteiger partial charge >= 0.3 is 5.97 Å². The van der Waals surface area contributed by atoms with Crippen LogP contribution in [0.4, 0.5) is 0 Å². The minimum atomic E-state index is -4.35. The maximum absolute atomic E-state index is 12.4. The molecular weight excluding hydrogens is 536 g/mol. The molecule has 1 aromatic carbocycles. The van der Waals surface area contributed by atoms with E-state index in [2.05, 4.69) is 53.7 Å². The molecule has 0 aliphatic rings. The summed E-state index contributed by atoms with van der Waals surface area (Å²) in [7, 11) is -4.35. The lowest BCUT2D eigenvalue weighted by Gasteiger charge is -2.43. The van der Waals surface area contributed by atoms with Crippen LogP contribution < -0.4 is 0 Å². The van der Waals surface area contributed by atoms with E-state index in [4.69, 9.17) is 0 Å². The van der Waals surface area contributed by atoms with Gasteiger partial charge in [0.2, 0.25) is 0 Å². The number of aliphatic carboxylic acids is 1. The molecule has 0 spiro atoms. The third kappa shape index (κ3) is 9.03. The van der Waals surface area contributed by atoms with Gasteiger partial charge in [0.15, 0.2) is 0 Å². The predicted molar refractivity (Wildman–Crippen MR) is 170 cm³/mol. The Morgan fingerprint density at radius 2 is 1.05 bits per heavy atom. The zero-order valence-corrected chi connectivity index (χ0v) is 29.4. The van der Waals surface area contributed by atoms with E-state index >= 15 is 0 Å². The lowest BCUT2D eigenvalue weighted by molar-refractivity contribution is -0.148. The largest absolute Gasteiger partial charge is 0.481 e. The molecule has 0 aliphatic heterocycles. The summed E-state index contributed by atoms with van der Waals surface area (Å²) in [5, 5.41) is 22.0. The van der Waals surface area contributed by atoms with Crippen molar-refractivity contribution in [1.82, 2.24) is 0 Å². The van der Waals surface area contributed by atoms with Gasteiger partial charge in [-0.05, 0) is 111 Å². The standard InChI is InChI=1S/C34H60O6S/c1-22(2)18-29(5,6)26-16-24(31(9,10)21-33(13,14)41(38,39)40)25(17-27(26)34(15,37)19-23(3)4)30(7,8)20-32(11,12)28(35)36/h16-17,22-23,37H,18-21H2,1-15H3,(H,35,36)(H,38,39,40). The highest BCUT2D eigenvalue weighted by atomic mass is 32.2. The Morgan fingerprint density at radius 1 is 0.683 bits per heavy atom. The lowest BCUT2D eigenvalue weighted by Crippen LogP contribution is -2.41. The predicted octanol–water partition coefficient (Wildman–Crippen LogP) is 8.38. The molecule has 1 unspecified atom stereocenters. The summed E-state index contributed by atoms with van der Waals surface area (Å²) < 4.78 is 33.5. The number of carboxylic acids is 1. The minimum Gasteiger partial charge on any atom is -0.481 e. The first kappa shape index (κ1) is 37.6. The number of benzene rings is 1. The van der Waals surface area contributed by atoms with Crippen LogP contribution in [-0.2, 0) is 36.8 Å². The Hall–Kier alpha value is -1.44. The van der Waals surface area contributed by atoms with Crippen molar-refractivity contribution in [2.24, 2.45) is 17.3 Å². The van der Waals surface area contributed by atoms with Gasteiger partial charge < -0.3 is 10.2 Å². The normalized spacial score (nSPS) is 15.9. The van der Waals surface area contributed by atoms with Crippen LogP contribution in [0, 0.1) is 17.3 Å². The van der Waals surface area contributed by atoms with Crippen molar-refractivity contribution in [2.75, 3.05) is 0 Å². The maximum Gasteiger partial charge on any atom is 0.309 e. The minimum absolute atomic E-state index is 0.149. The average molecular weight is 597 g/mol. The smallest absolute Gasteiger partial charge is 0.309 e. The fourth-order valence-corrected chi connectivity index (χ4v) is 7.83. The van der Waals surface area contributed by atoms with Crippen LogP contribution in [0.2, 0.25) is 0 Å². The van der Waals surface area contributed by atoms with E-state index in [-0.39, 0.29) is 17.8 Å². The van der Waals surface area contributed by atoms with Gasteiger partial charge in [-0.15, -0.1) is 0 Å². The summed E-state index contributed by atoms with van der Waals surface area (Å²) in [5.74, 6) is -0.254. The van der Waals surface area contributed by atoms with E-state index in [1.54, 1.807) is 13.8 Å². The Morgan fingerprint density at radius 3 is 1.41 bits per heavy atom. The van der Waals surface area contributed by atoms with Crippen molar-refractivity contribution in [1.29, 1.82) is 0 Å². The van der Waals surface area contributed by atoms with Gasteiger partial charge in [-0.2, -0.15) is 8.42 Å². The van der Waals surface area contributed by atoms with Gasteiger partial charge in [0.1, 0.15) is 0 Å². The van der Waals surface area contributed by atoms with Crippen LogP contribution in [0.15, 0.2) is 12.1 Å². The average Bonchev–Trinajstić information content (AvgIpc) is 2.68. The maximum atomic E-state index is 12.4. The Labute approximate surface area is 251 Å². The topological polar surface area (TPSA) is 112 Å². The molecule has 0 fully saturated rings. The van der Waals surface area contributed by atoms with E-state index in [1.807, 2.05) is 34.6 Å². The van der Waals surface area contributed by atoms with Crippen LogP contribution >= 0.6 is 0 Å². The van der Waals surface area contributed by atoms with Crippen LogP contribution in [0.25, 0.3) is 0 Å². The molecule has 6 nitrogen and oxygen atoms in total. The summed E-state index contributed by atoms with van der Waals surface area (Å²) in [6, 6.07) is 4.23. The van der Waals surface area contributed by atoms with Crippen molar-refractivity contribution in [2.45, 2.75) is 156 Å². The van der Waals surface area contributed by atoms with Gasteiger partial charge in [-0.3, -0.25) is 9.35 Å². The van der Waals surface area contributed by atoms with Crippen LogP contribution in [0.1, 0.15) is 152 Å².